The average molecular weight is 293 g/mol. The molecule has 0 aliphatic carbocycles. The van der Waals surface area contributed by atoms with E-state index in [2.05, 4.69) is 5.32 Å². The van der Waals surface area contributed by atoms with E-state index in [0.29, 0.717) is 24.3 Å². The molecular weight excluding hydrogens is 274 g/mol. The normalized spacial score (nSPS) is 18.4. The Bertz CT molecular complexity index is 547. The highest BCUT2D eigenvalue weighted by Gasteiger charge is 2.28. The summed E-state index contributed by atoms with van der Waals surface area (Å²) in [5, 5.41) is 23.0. The Balaban J connectivity index is 2.31. The highest BCUT2D eigenvalue weighted by atomic mass is 16.6. The third kappa shape index (κ3) is 3.30. The molecule has 1 saturated heterocycles. The summed E-state index contributed by atoms with van der Waals surface area (Å²) in [5.74, 6) is -0.207. The second-order valence-corrected chi connectivity index (χ2v) is 5.14. The molecule has 1 aromatic rings. The number of nitrogens with one attached hydrogen (secondary N) is 1. The van der Waals surface area contributed by atoms with Crippen molar-refractivity contribution in [2.45, 2.75) is 19.4 Å². The van der Waals surface area contributed by atoms with Gasteiger partial charge in [-0.15, -0.1) is 0 Å². The monoisotopic (exact) mass is 293 g/mol. The molecule has 0 bridgehead atoms. The fourth-order valence-corrected chi connectivity index (χ4v) is 2.69. The van der Waals surface area contributed by atoms with Gasteiger partial charge in [0, 0.05) is 26.2 Å². The van der Waals surface area contributed by atoms with Crippen LogP contribution < -0.4 is 10.2 Å². The number of nitrogens with zero attached hydrogens (tertiary/aromatic N) is 2. The first-order valence-electron chi connectivity index (χ1n) is 6.91. The van der Waals surface area contributed by atoms with Crippen molar-refractivity contribution in [1.82, 2.24) is 5.32 Å². The van der Waals surface area contributed by atoms with Gasteiger partial charge in [-0.1, -0.05) is 0 Å². The first-order chi connectivity index (χ1) is 10.1. The maximum atomic E-state index is 11.8. The molecule has 21 heavy (non-hydrogen) atoms. The van der Waals surface area contributed by atoms with Crippen LogP contribution in [0.25, 0.3) is 0 Å². The second-order valence-electron chi connectivity index (χ2n) is 5.14. The molecule has 2 rings (SSSR count). The number of piperidine rings is 1. The zero-order valence-corrected chi connectivity index (χ0v) is 11.9. The lowest BCUT2D eigenvalue weighted by Gasteiger charge is -2.33. The molecule has 1 aromatic carbocycles. The molecule has 7 nitrogen and oxygen atoms in total. The van der Waals surface area contributed by atoms with Crippen molar-refractivity contribution in [3.63, 3.8) is 0 Å². The number of nitro groups is 1. The SMILES string of the molecule is CNC(=O)C1CCCN(c2cc(CO)ccc2[N+](=O)[O-])C1. The molecular formula is C14H19N3O4. The molecule has 1 fully saturated rings. The van der Waals surface area contributed by atoms with Crippen LogP contribution >= 0.6 is 0 Å². The van der Waals surface area contributed by atoms with Crippen LogP contribution in [-0.2, 0) is 11.4 Å². The number of benzene rings is 1. The molecule has 1 amide bonds. The molecule has 1 atom stereocenters. The lowest BCUT2D eigenvalue weighted by Crippen LogP contribution is -2.42. The number of hydrogen-bond donors (Lipinski definition) is 2. The Morgan fingerprint density at radius 2 is 2.33 bits per heavy atom. The molecule has 1 aliphatic rings. The maximum Gasteiger partial charge on any atom is 0.292 e. The number of carbonyl (C=O) groups is 1. The number of amides is 1. The summed E-state index contributed by atoms with van der Waals surface area (Å²) in [5.41, 5.74) is 1.10. The quantitative estimate of drug-likeness (QED) is 0.639. The molecule has 114 valence electrons. The largest absolute Gasteiger partial charge is 0.392 e. The van der Waals surface area contributed by atoms with E-state index in [1.54, 1.807) is 19.2 Å². The number of carbonyl (C=O) groups excluding carboxylic acids is 1. The first kappa shape index (κ1) is 15.2. The summed E-state index contributed by atoms with van der Waals surface area (Å²) in [6, 6.07) is 4.58. The number of nitro benzene ring substituents is 1. The van der Waals surface area contributed by atoms with E-state index < -0.39 is 4.92 Å². The number of hydrogen-bond acceptors (Lipinski definition) is 5. The molecule has 0 radical (unpaired) electrons. The summed E-state index contributed by atoms with van der Waals surface area (Å²) in [6.07, 6.45) is 1.59. The number of anilines is 1. The maximum absolute atomic E-state index is 11.8. The van der Waals surface area contributed by atoms with Gasteiger partial charge in [0.2, 0.25) is 5.91 Å². The van der Waals surface area contributed by atoms with Crippen molar-refractivity contribution in [3.05, 3.63) is 33.9 Å². The fraction of sp³-hybridized carbons (Fsp3) is 0.500. The molecule has 1 unspecified atom stereocenters. The Morgan fingerprint density at radius 3 is 2.95 bits per heavy atom. The van der Waals surface area contributed by atoms with Crippen LogP contribution in [0.4, 0.5) is 11.4 Å². The number of rotatable bonds is 4. The van der Waals surface area contributed by atoms with Crippen molar-refractivity contribution in [2.24, 2.45) is 5.92 Å². The Morgan fingerprint density at radius 1 is 1.57 bits per heavy atom. The van der Waals surface area contributed by atoms with E-state index in [1.807, 2.05) is 4.90 Å². The number of aliphatic hydroxyl groups is 1. The van der Waals surface area contributed by atoms with Crippen LogP contribution in [0.5, 0.6) is 0 Å². The molecule has 2 N–H and O–H groups in total. The predicted molar refractivity (Wildman–Crippen MR) is 78.0 cm³/mol. The summed E-state index contributed by atoms with van der Waals surface area (Å²) >= 11 is 0. The van der Waals surface area contributed by atoms with Crippen molar-refractivity contribution in [1.29, 1.82) is 0 Å². The van der Waals surface area contributed by atoms with E-state index in [-0.39, 0.29) is 24.1 Å². The van der Waals surface area contributed by atoms with E-state index in [0.717, 1.165) is 12.8 Å². The summed E-state index contributed by atoms with van der Waals surface area (Å²) in [7, 11) is 1.59. The van der Waals surface area contributed by atoms with Crippen molar-refractivity contribution < 1.29 is 14.8 Å². The predicted octanol–water partition coefficient (Wildman–Crippen LogP) is 1.05. The smallest absolute Gasteiger partial charge is 0.292 e. The standard InChI is InChI=1S/C14H19N3O4/c1-15-14(19)11-3-2-6-16(8-11)13-7-10(9-18)4-5-12(13)17(20)21/h4-5,7,11,18H,2-3,6,8-9H2,1H3,(H,15,19). The fourth-order valence-electron chi connectivity index (χ4n) is 2.69. The van der Waals surface area contributed by atoms with Gasteiger partial charge in [0.25, 0.3) is 5.69 Å². The lowest BCUT2D eigenvalue weighted by atomic mass is 9.96. The molecule has 1 aliphatic heterocycles. The van der Waals surface area contributed by atoms with Gasteiger partial charge in [-0.2, -0.15) is 0 Å². The van der Waals surface area contributed by atoms with Crippen LogP contribution in [0.3, 0.4) is 0 Å². The lowest BCUT2D eigenvalue weighted by molar-refractivity contribution is -0.384. The third-order valence-electron chi connectivity index (χ3n) is 3.80. The minimum atomic E-state index is -0.431. The van der Waals surface area contributed by atoms with Crippen molar-refractivity contribution >= 4 is 17.3 Å². The van der Waals surface area contributed by atoms with Gasteiger partial charge < -0.3 is 15.3 Å². The van der Waals surface area contributed by atoms with E-state index in [4.69, 9.17) is 0 Å². The zero-order valence-electron chi connectivity index (χ0n) is 11.9. The van der Waals surface area contributed by atoms with Gasteiger partial charge in [-0.25, -0.2) is 0 Å². The zero-order chi connectivity index (χ0) is 15.4. The van der Waals surface area contributed by atoms with E-state index >= 15 is 0 Å². The second kappa shape index (κ2) is 6.53. The molecule has 1 heterocycles. The minimum Gasteiger partial charge on any atom is -0.392 e. The Kier molecular flexibility index (Phi) is 4.74. The van der Waals surface area contributed by atoms with Gasteiger partial charge in [0.1, 0.15) is 5.69 Å². The first-order valence-corrected chi connectivity index (χ1v) is 6.91. The van der Waals surface area contributed by atoms with Gasteiger partial charge in [-0.3, -0.25) is 14.9 Å². The van der Waals surface area contributed by atoms with Gasteiger partial charge in [0.05, 0.1) is 17.4 Å². The molecule has 7 heteroatoms. The molecule has 0 spiro atoms. The molecule has 0 saturated carbocycles. The van der Waals surface area contributed by atoms with Gasteiger partial charge in [-0.05, 0) is 30.5 Å². The summed E-state index contributed by atoms with van der Waals surface area (Å²) in [4.78, 5) is 24.4. The van der Waals surface area contributed by atoms with Crippen LogP contribution in [0.1, 0.15) is 18.4 Å². The summed E-state index contributed by atoms with van der Waals surface area (Å²) in [6.45, 7) is 0.955. The van der Waals surface area contributed by atoms with Crippen LogP contribution in [0, 0.1) is 16.0 Å². The van der Waals surface area contributed by atoms with Crippen molar-refractivity contribution in [3.8, 4) is 0 Å². The van der Waals surface area contributed by atoms with Crippen LogP contribution in [0.2, 0.25) is 0 Å². The van der Waals surface area contributed by atoms with Crippen LogP contribution in [0.15, 0.2) is 18.2 Å². The van der Waals surface area contributed by atoms with Gasteiger partial charge >= 0.3 is 0 Å². The molecule has 0 aromatic heterocycles. The minimum absolute atomic E-state index is 0.00440. The highest BCUT2D eigenvalue weighted by molar-refractivity contribution is 5.79. The van der Waals surface area contributed by atoms with E-state index in [1.165, 1.54) is 6.07 Å². The number of aliphatic hydroxyl groups excluding tert-OH is 1. The van der Waals surface area contributed by atoms with Crippen molar-refractivity contribution in [2.75, 3.05) is 25.0 Å². The average Bonchev–Trinajstić information content (AvgIpc) is 2.53. The highest BCUT2D eigenvalue weighted by Crippen LogP contribution is 2.32. The van der Waals surface area contributed by atoms with Crippen LogP contribution in [-0.4, -0.2) is 36.1 Å². The Labute approximate surface area is 122 Å². The van der Waals surface area contributed by atoms with E-state index in [9.17, 15) is 20.0 Å². The Hall–Kier alpha value is -2.15. The summed E-state index contributed by atoms with van der Waals surface area (Å²) < 4.78 is 0. The van der Waals surface area contributed by atoms with Gasteiger partial charge in [0.15, 0.2) is 0 Å². The third-order valence-corrected chi connectivity index (χ3v) is 3.80. The topological polar surface area (TPSA) is 95.7 Å².